The maximum absolute atomic E-state index is 5.66. The molecule has 0 saturated carbocycles. The Kier molecular flexibility index (Phi) is 5.17. The fourth-order valence-electron chi connectivity index (χ4n) is 2.90. The van der Waals surface area contributed by atoms with Gasteiger partial charge in [-0.1, -0.05) is 0 Å². The predicted molar refractivity (Wildman–Crippen MR) is 103 cm³/mol. The van der Waals surface area contributed by atoms with E-state index in [9.17, 15) is 0 Å². The number of benzene rings is 1. The molecule has 4 nitrogen and oxygen atoms in total. The third-order valence-electron chi connectivity index (χ3n) is 3.98. The van der Waals surface area contributed by atoms with Crippen LogP contribution in [0.1, 0.15) is 18.4 Å². The second-order valence-corrected chi connectivity index (χ2v) is 6.72. The van der Waals surface area contributed by atoms with Crippen molar-refractivity contribution in [3.63, 3.8) is 0 Å². The molecule has 120 valence electrons. The zero-order valence-corrected chi connectivity index (χ0v) is 15.3. The quantitative estimate of drug-likeness (QED) is 0.465. The van der Waals surface area contributed by atoms with Crippen LogP contribution in [0, 0.1) is 3.57 Å². The average Bonchev–Trinajstić information content (AvgIpc) is 2.93. The summed E-state index contributed by atoms with van der Waals surface area (Å²) in [6.45, 7) is 0.728. The molecule has 0 atom stereocenters. The van der Waals surface area contributed by atoms with E-state index in [0.717, 1.165) is 42.6 Å². The van der Waals surface area contributed by atoms with Crippen LogP contribution in [-0.2, 0) is 6.42 Å². The van der Waals surface area contributed by atoms with Crippen molar-refractivity contribution in [3.8, 4) is 17.1 Å². The van der Waals surface area contributed by atoms with E-state index in [1.165, 1.54) is 14.5 Å². The van der Waals surface area contributed by atoms with Crippen LogP contribution in [0.15, 0.2) is 36.5 Å². The largest absolute Gasteiger partial charge is 0.481 e. The molecule has 0 fully saturated rings. The summed E-state index contributed by atoms with van der Waals surface area (Å²) in [5.41, 5.74) is 10.2. The van der Waals surface area contributed by atoms with Crippen molar-refractivity contribution >= 4 is 33.5 Å². The third-order valence-corrected chi connectivity index (χ3v) is 4.65. The molecule has 0 radical (unpaired) electrons. The highest BCUT2D eigenvalue weighted by atomic mass is 127. The van der Waals surface area contributed by atoms with Crippen LogP contribution in [0.4, 0.5) is 0 Å². The number of methoxy groups -OCH3 is 1. The summed E-state index contributed by atoms with van der Waals surface area (Å²) in [5.74, 6) is 0.647. The van der Waals surface area contributed by atoms with Crippen molar-refractivity contribution in [2.75, 3.05) is 13.7 Å². The molecule has 0 unspecified atom stereocenters. The Balaban J connectivity index is 2.16. The van der Waals surface area contributed by atoms with Crippen molar-refractivity contribution in [3.05, 3.63) is 45.7 Å². The van der Waals surface area contributed by atoms with Crippen molar-refractivity contribution in [2.24, 2.45) is 5.73 Å². The molecular formula is C18H20IN3O. The summed E-state index contributed by atoms with van der Waals surface area (Å²) in [4.78, 5) is 7.89. The highest BCUT2D eigenvalue weighted by Crippen LogP contribution is 2.35. The number of hydrogen-bond donors (Lipinski definition) is 2. The van der Waals surface area contributed by atoms with Gasteiger partial charge in [-0.2, -0.15) is 0 Å². The molecule has 23 heavy (non-hydrogen) atoms. The molecular weight excluding hydrogens is 401 g/mol. The van der Waals surface area contributed by atoms with Gasteiger partial charge in [-0.05, 0) is 84.3 Å². The van der Waals surface area contributed by atoms with Gasteiger partial charge in [0.25, 0.3) is 0 Å². The molecule has 5 heteroatoms. The van der Waals surface area contributed by atoms with Gasteiger partial charge >= 0.3 is 0 Å². The summed E-state index contributed by atoms with van der Waals surface area (Å²) in [7, 11) is 1.66. The summed E-state index contributed by atoms with van der Waals surface area (Å²) in [5, 5.41) is 1.27. The zero-order valence-electron chi connectivity index (χ0n) is 13.1. The van der Waals surface area contributed by atoms with Gasteiger partial charge in [0, 0.05) is 20.7 Å². The minimum absolute atomic E-state index is 0.647. The Hall–Kier alpha value is -1.60. The first-order valence-electron chi connectivity index (χ1n) is 7.74. The van der Waals surface area contributed by atoms with Crippen LogP contribution in [0.2, 0.25) is 0 Å². The highest BCUT2D eigenvalue weighted by Gasteiger charge is 2.16. The Morgan fingerprint density at radius 3 is 2.91 bits per heavy atom. The Labute approximate surface area is 149 Å². The van der Waals surface area contributed by atoms with Gasteiger partial charge in [0.1, 0.15) is 0 Å². The molecule has 2 heterocycles. The number of fused-ring (bicyclic) bond motifs is 1. The second kappa shape index (κ2) is 7.31. The Morgan fingerprint density at radius 1 is 1.26 bits per heavy atom. The van der Waals surface area contributed by atoms with Crippen LogP contribution in [0.5, 0.6) is 5.88 Å². The molecule has 0 amide bonds. The van der Waals surface area contributed by atoms with Crippen LogP contribution < -0.4 is 10.5 Å². The number of aryl methyl sites for hydroxylation is 1. The van der Waals surface area contributed by atoms with E-state index >= 15 is 0 Å². The van der Waals surface area contributed by atoms with Gasteiger partial charge in [0.15, 0.2) is 0 Å². The third kappa shape index (κ3) is 3.35. The lowest BCUT2D eigenvalue weighted by Gasteiger charge is -2.08. The summed E-state index contributed by atoms with van der Waals surface area (Å²) in [6, 6.07) is 10.5. The zero-order chi connectivity index (χ0) is 16.2. The number of halogens is 1. The van der Waals surface area contributed by atoms with E-state index in [2.05, 4.69) is 50.8 Å². The number of unbranched alkanes of at least 4 members (excludes halogenated alkanes) is 1. The van der Waals surface area contributed by atoms with E-state index in [-0.39, 0.29) is 0 Å². The first-order valence-corrected chi connectivity index (χ1v) is 8.82. The standard InChI is InChI=1S/C18H20IN3O/c1-23-18-14(6-4-10-21-18)17-13(5-2-3-9-20)15-11-12(19)7-8-16(15)22-17/h4,6-8,10-11,22H,2-3,5,9,20H2,1H3. The minimum Gasteiger partial charge on any atom is -0.481 e. The number of H-pyrrole nitrogens is 1. The van der Waals surface area contributed by atoms with Gasteiger partial charge in [-0.3, -0.25) is 0 Å². The van der Waals surface area contributed by atoms with Crippen molar-refractivity contribution in [2.45, 2.75) is 19.3 Å². The SMILES string of the molecule is COc1ncccc1-c1[nH]c2ccc(I)cc2c1CCCCN. The van der Waals surface area contributed by atoms with E-state index < -0.39 is 0 Å². The number of aromatic amines is 1. The lowest BCUT2D eigenvalue weighted by molar-refractivity contribution is 0.399. The number of nitrogens with one attached hydrogen (secondary N) is 1. The van der Waals surface area contributed by atoms with Gasteiger partial charge in [0.2, 0.25) is 5.88 Å². The number of aromatic nitrogens is 2. The topological polar surface area (TPSA) is 63.9 Å². The molecule has 1 aromatic carbocycles. The fourth-order valence-corrected chi connectivity index (χ4v) is 3.39. The van der Waals surface area contributed by atoms with E-state index in [0.29, 0.717) is 5.88 Å². The van der Waals surface area contributed by atoms with Crippen LogP contribution >= 0.6 is 22.6 Å². The molecule has 0 saturated heterocycles. The van der Waals surface area contributed by atoms with E-state index in [1.54, 1.807) is 13.3 Å². The molecule has 3 aromatic rings. The predicted octanol–water partition coefficient (Wildman–Crippen LogP) is 4.12. The molecule has 0 aliphatic carbocycles. The molecule has 0 aliphatic heterocycles. The number of pyridine rings is 1. The number of nitrogens with two attached hydrogens (primary N) is 1. The summed E-state index contributed by atoms with van der Waals surface area (Å²) >= 11 is 2.36. The highest BCUT2D eigenvalue weighted by molar-refractivity contribution is 14.1. The average molecular weight is 421 g/mol. The minimum atomic E-state index is 0.647. The molecule has 0 spiro atoms. The monoisotopic (exact) mass is 421 g/mol. The summed E-state index contributed by atoms with van der Waals surface area (Å²) < 4.78 is 6.68. The van der Waals surface area contributed by atoms with Crippen LogP contribution in [0.25, 0.3) is 22.2 Å². The maximum atomic E-state index is 5.66. The molecule has 0 bridgehead atoms. The fraction of sp³-hybridized carbons (Fsp3) is 0.278. The lowest BCUT2D eigenvalue weighted by Crippen LogP contribution is -1.99. The first-order chi connectivity index (χ1) is 11.2. The number of nitrogens with zero attached hydrogens (tertiary/aromatic N) is 1. The molecule has 3 rings (SSSR count). The lowest BCUT2D eigenvalue weighted by atomic mass is 10.0. The number of ether oxygens (including phenoxy) is 1. The van der Waals surface area contributed by atoms with E-state index in [4.69, 9.17) is 10.5 Å². The summed E-state index contributed by atoms with van der Waals surface area (Å²) in [6.07, 6.45) is 4.84. The Morgan fingerprint density at radius 2 is 2.13 bits per heavy atom. The molecule has 0 aliphatic rings. The first kappa shape index (κ1) is 16.3. The smallest absolute Gasteiger partial charge is 0.222 e. The molecule has 2 aromatic heterocycles. The number of rotatable bonds is 6. The van der Waals surface area contributed by atoms with Gasteiger partial charge in [-0.25, -0.2) is 4.98 Å². The van der Waals surface area contributed by atoms with Crippen LogP contribution in [0.3, 0.4) is 0 Å². The van der Waals surface area contributed by atoms with Crippen LogP contribution in [-0.4, -0.2) is 23.6 Å². The van der Waals surface area contributed by atoms with Gasteiger partial charge in [0.05, 0.1) is 18.4 Å². The number of hydrogen-bond acceptors (Lipinski definition) is 3. The van der Waals surface area contributed by atoms with Crippen molar-refractivity contribution < 1.29 is 4.74 Å². The Bertz CT molecular complexity index is 813. The van der Waals surface area contributed by atoms with E-state index in [1.807, 2.05) is 12.1 Å². The van der Waals surface area contributed by atoms with Gasteiger partial charge < -0.3 is 15.5 Å². The maximum Gasteiger partial charge on any atom is 0.222 e. The van der Waals surface area contributed by atoms with Crippen molar-refractivity contribution in [1.29, 1.82) is 0 Å². The molecule has 3 N–H and O–H groups in total. The normalized spacial score (nSPS) is 11.1. The van der Waals surface area contributed by atoms with Gasteiger partial charge in [-0.15, -0.1) is 0 Å². The van der Waals surface area contributed by atoms with Crippen molar-refractivity contribution in [1.82, 2.24) is 9.97 Å². The second-order valence-electron chi connectivity index (χ2n) is 5.47.